The number of benzene rings is 3. The molecule has 0 fully saturated rings. The van der Waals surface area contributed by atoms with E-state index in [1.807, 2.05) is 0 Å². The van der Waals surface area contributed by atoms with E-state index in [2.05, 4.69) is 91.5 Å². The third-order valence-electron chi connectivity index (χ3n) is 6.62. The lowest BCUT2D eigenvalue weighted by Gasteiger charge is -2.15. The summed E-state index contributed by atoms with van der Waals surface area (Å²) in [5, 5.41) is 16.1. The summed E-state index contributed by atoms with van der Waals surface area (Å²) < 4.78 is 4.62. The quantitative estimate of drug-likeness (QED) is 0.193. The van der Waals surface area contributed by atoms with E-state index in [-0.39, 0.29) is 0 Å². The fraction of sp³-hybridized carbons (Fsp3) is 0.154. The van der Waals surface area contributed by atoms with Crippen LogP contribution < -0.4 is 4.57 Å². The Hall–Kier alpha value is -3.64. The number of para-hydroxylation sites is 1. The van der Waals surface area contributed by atoms with Crippen LogP contribution in [-0.2, 0) is 7.05 Å². The van der Waals surface area contributed by atoms with Crippen LogP contribution in [0.2, 0.25) is 0 Å². The Morgan fingerprint density at radius 2 is 1.69 bits per heavy atom. The number of hydrogen-bond acceptors (Lipinski definition) is 1. The second-order valence-electron chi connectivity index (χ2n) is 8.21. The van der Waals surface area contributed by atoms with Crippen molar-refractivity contribution in [1.29, 1.82) is 5.26 Å². The van der Waals surface area contributed by atoms with E-state index >= 15 is 0 Å². The van der Waals surface area contributed by atoms with Gasteiger partial charge < -0.3 is 4.40 Å². The summed E-state index contributed by atoms with van der Waals surface area (Å²) in [7, 11) is 2.12. The Labute approximate surface area is 168 Å². The Morgan fingerprint density at radius 1 is 0.897 bits per heavy atom. The number of nitriles is 1. The van der Waals surface area contributed by atoms with Crippen molar-refractivity contribution in [2.75, 3.05) is 0 Å². The van der Waals surface area contributed by atoms with Gasteiger partial charge in [0.1, 0.15) is 13.1 Å². The molecule has 3 aromatic heterocycles. The Kier molecular flexibility index (Phi) is 2.95. The van der Waals surface area contributed by atoms with Gasteiger partial charge in [0.25, 0.3) is 0 Å². The first-order valence-corrected chi connectivity index (χ1v) is 9.93. The highest BCUT2D eigenvalue weighted by Crippen LogP contribution is 2.43. The zero-order chi connectivity index (χ0) is 20.0. The Balaban J connectivity index is 2.19. The largest absolute Gasteiger partial charge is 0.307 e. The molecular weight excluding hydrogens is 354 g/mol. The van der Waals surface area contributed by atoms with Crippen LogP contribution in [-0.4, -0.2) is 4.40 Å². The fourth-order valence-electron chi connectivity index (χ4n) is 5.25. The molecule has 138 valence electrons. The number of aromatic nitrogens is 2. The standard InChI is InChI=1S/C26H20N3/c1-14-11-17-9-10-28(4)25-22-16(3)15(2)19(13-27)24-18-7-5-6-8-20(18)29(26(22)24)21(12-14)23(17)25/h5-12H,1-4H3/q+1. The second kappa shape index (κ2) is 5.24. The molecule has 0 bridgehead atoms. The number of pyridine rings is 2. The first-order valence-electron chi connectivity index (χ1n) is 9.93. The molecule has 0 radical (unpaired) electrons. The van der Waals surface area contributed by atoms with Crippen LogP contribution in [0.15, 0.2) is 48.7 Å². The lowest BCUT2D eigenvalue weighted by Crippen LogP contribution is -2.29. The van der Waals surface area contributed by atoms with Gasteiger partial charge in [-0.05, 0) is 55.0 Å². The Bertz CT molecular complexity index is 1690. The lowest BCUT2D eigenvalue weighted by atomic mass is 9.92. The fourth-order valence-corrected chi connectivity index (χ4v) is 5.25. The van der Waals surface area contributed by atoms with Gasteiger partial charge in [-0.25, -0.2) is 4.57 Å². The normalized spacial score (nSPS) is 12.1. The zero-order valence-corrected chi connectivity index (χ0v) is 17.0. The minimum atomic E-state index is 0.794. The van der Waals surface area contributed by atoms with Crippen LogP contribution >= 0.6 is 0 Å². The summed E-state index contributed by atoms with van der Waals surface area (Å²) in [6, 6.07) is 17.7. The first kappa shape index (κ1) is 16.3. The predicted octanol–water partition coefficient (Wildman–Crippen LogP) is 5.61. The lowest BCUT2D eigenvalue weighted by molar-refractivity contribution is -0.643. The van der Waals surface area contributed by atoms with Gasteiger partial charge in [-0.3, -0.25) is 0 Å². The van der Waals surface area contributed by atoms with Crippen molar-refractivity contribution in [3.05, 3.63) is 70.9 Å². The summed E-state index contributed by atoms with van der Waals surface area (Å²) in [4.78, 5) is 0. The average molecular weight is 374 g/mol. The molecule has 0 aliphatic rings. The molecule has 0 atom stereocenters. The molecule has 0 saturated heterocycles. The molecule has 6 aromatic rings. The third-order valence-corrected chi connectivity index (χ3v) is 6.62. The van der Waals surface area contributed by atoms with E-state index in [9.17, 15) is 5.26 Å². The molecule has 3 heterocycles. The maximum atomic E-state index is 10.1. The highest BCUT2D eigenvalue weighted by molar-refractivity contribution is 6.27. The van der Waals surface area contributed by atoms with Crippen LogP contribution in [0.25, 0.3) is 49.0 Å². The van der Waals surface area contributed by atoms with Gasteiger partial charge in [-0.2, -0.15) is 5.26 Å². The monoisotopic (exact) mass is 374 g/mol. The van der Waals surface area contributed by atoms with Crippen molar-refractivity contribution in [2.24, 2.45) is 7.05 Å². The maximum absolute atomic E-state index is 10.1. The number of nitrogens with zero attached hydrogens (tertiary/aromatic N) is 3. The van der Waals surface area contributed by atoms with Gasteiger partial charge in [0.2, 0.25) is 5.52 Å². The van der Waals surface area contributed by atoms with Gasteiger partial charge in [-0.1, -0.05) is 24.3 Å². The van der Waals surface area contributed by atoms with Gasteiger partial charge in [0, 0.05) is 16.8 Å². The first-order chi connectivity index (χ1) is 14.0. The van der Waals surface area contributed by atoms with Crippen molar-refractivity contribution in [1.82, 2.24) is 4.40 Å². The highest BCUT2D eigenvalue weighted by atomic mass is 15.0. The topological polar surface area (TPSA) is 32.1 Å². The molecule has 0 saturated carbocycles. The van der Waals surface area contributed by atoms with Crippen LogP contribution in [0.3, 0.4) is 0 Å². The minimum Gasteiger partial charge on any atom is -0.307 e. The summed E-state index contributed by atoms with van der Waals surface area (Å²) in [5.74, 6) is 0. The molecule has 0 aliphatic heterocycles. The summed E-state index contributed by atoms with van der Waals surface area (Å²) in [6.45, 7) is 6.40. The minimum absolute atomic E-state index is 0.794. The van der Waals surface area contributed by atoms with Crippen molar-refractivity contribution in [3.8, 4) is 6.07 Å². The van der Waals surface area contributed by atoms with Crippen LogP contribution in [0, 0.1) is 32.1 Å². The van der Waals surface area contributed by atoms with Crippen molar-refractivity contribution < 1.29 is 4.57 Å². The zero-order valence-electron chi connectivity index (χ0n) is 17.0. The van der Waals surface area contributed by atoms with E-state index in [0.29, 0.717) is 0 Å². The number of hydrogen-bond donors (Lipinski definition) is 0. The molecule has 6 rings (SSSR count). The molecule has 0 spiro atoms. The van der Waals surface area contributed by atoms with Gasteiger partial charge >= 0.3 is 0 Å². The van der Waals surface area contributed by atoms with Crippen LogP contribution in [0.4, 0.5) is 0 Å². The van der Waals surface area contributed by atoms with Gasteiger partial charge in [0.15, 0.2) is 6.20 Å². The van der Waals surface area contributed by atoms with Gasteiger partial charge in [0.05, 0.1) is 32.9 Å². The van der Waals surface area contributed by atoms with Gasteiger partial charge in [-0.15, -0.1) is 0 Å². The van der Waals surface area contributed by atoms with Crippen molar-refractivity contribution >= 4 is 49.0 Å². The van der Waals surface area contributed by atoms with Crippen molar-refractivity contribution in [3.63, 3.8) is 0 Å². The van der Waals surface area contributed by atoms with E-state index in [1.165, 1.54) is 38.3 Å². The van der Waals surface area contributed by atoms with E-state index < -0.39 is 0 Å². The summed E-state index contributed by atoms with van der Waals surface area (Å²) in [5.41, 5.74) is 9.06. The SMILES string of the molecule is Cc1cc2cc[n+](C)c3c4c(C)c(C)c(C#N)c5c6ccccc6n(c(c1)c23)c54. The number of rotatable bonds is 0. The molecule has 0 unspecified atom stereocenters. The molecule has 0 aliphatic carbocycles. The molecule has 0 N–H and O–H groups in total. The molecule has 3 heteroatoms. The van der Waals surface area contributed by atoms with Crippen LogP contribution in [0.1, 0.15) is 22.3 Å². The average Bonchev–Trinajstić information content (AvgIpc) is 3.05. The van der Waals surface area contributed by atoms with E-state index in [1.54, 1.807) is 0 Å². The summed E-state index contributed by atoms with van der Waals surface area (Å²) in [6.07, 6.45) is 2.15. The van der Waals surface area contributed by atoms with Crippen LogP contribution in [0.5, 0.6) is 0 Å². The maximum Gasteiger partial charge on any atom is 0.224 e. The Morgan fingerprint density at radius 3 is 2.48 bits per heavy atom. The molecular formula is C26H20N3+. The van der Waals surface area contributed by atoms with Crippen molar-refractivity contribution in [2.45, 2.75) is 20.8 Å². The van der Waals surface area contributed by atoms with E-state index in [0.717, 1.165) is 32.9 Å². The number of aryl methyl sites for hydroxylation is 3. The number of fused-ring (bicyclic) bond motifs is 5. The smallest absolute Gasteiger partial charge is 0.224 e. The molecule has 0 amide bonds. The molecule has 29 heavy (non-hydrogen) atoms. The second-order valence-corrected chi connectivity index (χ2v) is 8.21. The predicted molar refractivity (Wildman–Crippen MR) is 119 cm³/mol. The highest BCUT2D eigenvalue weighted by Gasteiger charge is 2.27. The molecule has 3 aromatic carbocycles. The summed E-state index contributed by atoms with van der Waals surface area (Å²) >= 11 is 0. The molecule has 3 nitrogen and oxygen atoms in total. The van der Waals surface area contributed by atoms with E-state index in [4.69, 9.17) is 0 Å². The third kappa shape index (κ3) is 1.80.